The highest BCUT2D eigenvalue weighted by molar-refractivity contribution is 5.43. The lowest BCUT2D eigenvalue weighted by Gasteiger charge is -2.20. The molecule has 1 aromatic rings. The van der Waals surface area contributed by atoms with E-state index in [-0.39, 0.29) is 6.10 Å². The van der Waals surface area contributed by atoms with Gasteiger partial charge in [-0.25, -0.2) is 0 Å². The summed E-state index contributed by atoms with van der Waals surface area (Å²) in [7, 11) is 1.95. The van der Waals surface area contributed by atoms with E-state index in [1.54, 1.807) is 0 Å². The van der Waals surface area contributed by atoms with Gasteiger partial charge in [-0.15, -0.1) is 0 Å². The van der Waals surface area contributed by atoms with Crippen LogP contribution in [-0.2, 0) is 0 Å². The molecule has 0 bridgehead atoms. The quantitative estimate of drug-likeness (QED) is 0.609. The van der Waals surface area contributed by atoms with E-state index in [1.807, 2.05) is 30.4 Å². The van der Waals surface area contributed by atoms with Gasteiger partial charge >= 0.3 is 0 Å². The molecule has 1 unspecified atom stereocenters. The lowest BCUT2D eigenvalue weighted by Crippen LogP contribution is -2.30. The second kappa shape index (κ2) is 4.89. The zero-order chi connectivity index (χ0) is 9.68. The van der Waals surface area contributed by atoms with Gasteiger partial charge in [-0.2, -0.15) is 0 Å². The molecule has 0 aliphatic rings. The van der Waals surface area contributed by atoms with Gasteiger partial charge in [0.05, 0.1) is 11.8 Å². The summed E-state index contributed by atoms with van der Waals surface area (Å²) in [6.45, 7) is 1.15. The number of likely N-dealkylation sites (N-methyl/N-ethyl adjacent to an activating group) is 1. The molecule has 0 spiro atoms. The van der Waals surface area contributed by atoms with Crippen LogP contribution in [0, 0.1) is 0 Å². The zero-order valence-electron chi connectivity index (χ0n) is 7.90. The lowest BCUT2D eigenvalue weighted by molar-refractivity contribution is 0.174. The molecule has 1 atom stereocenters. The fourth-order valence-electron chi connectivity index (χ4n) is 1.26. The first-order valence-electron chi connectivity index (χ1n) is 4.46. The summed E-state index contributed by atoms with van der Waals surface area (Å²) in [5, 5.41) is 9.49. The Morgan fingerprint density at radius 3 is 3.00 bits per heavy atom. The van der Waals surface area contributed by atoms with Gasteiger partial charge in [-0.05, 0) is 19.0 Å². The number of H-pyrrole nitrogens is 1. The van der Waals surface area contributed by atoms with Gasteiger partial charge in [0.15, 0.2) is 0 Å². The molecule has 4 N–H and O–H groups in total. The van der Waals surface area contributed by atoms with Crippen LogP contribution in [0.5, 0.6) is 0 Å². The fourth-order valence-corrected chi connectivity index (χ4v) is 1.26. The molecule has 0 fully saturated rings. The minimum Gasteiger partial charge on any atom is -0.391 e. The Balaban J connectivity index is 2.37. The molecule has 4 nitrogen and oxygen atoms in total. The van der Waals surface area contributed by atoms with Crippen molar-refractivity contribution in [3.05, 3.63) is 18.5 Å². The van der Waals surface area contributed by atoms with Gasteiger partial charge in [0, 0.05) is 26.0 Å². The lowest BCUT2D eigenvalue weighted by atomic mass is 10.2. The molecule has 13 heavy (non-hydrogen) atoms. The molecule has 0 saturated carbocycles. The van der Waals surface area contributed by atoms with E-state index in [9.17, 15) is 5.11 Å². The Hall–Kier alpha value is -1.00. The topological polar surface area (TPSA) is 65.3 Å². The number of aliphatic hydroxyl groups is 1. The van der Waals surface area contributed by atoms with Crippen LogP contribution in [0.1, 0.15) is 6.42 Å². The van der Waals surface area contributed by atoms with Gasteiger partial charge in [-0.1, -0.05) is 0 Å². The van der Waals surface area contributed by atoms with Crippen LogP contribution < -0.4 is 10.6 Å². The van der Waals surface area contributed by atoms with Crippen molar-refractivity contribution >= 4 is 5.69 Å². The Kier molecular flexibility index (Phi) is 3.79. The molecule has 1 heterocycles. The molecule has 4 heteroatoms. The van der Waals surface area contributed by atoms with E-state index in [0.29, 0.717) is 19.5 Å². The number of aliphatic hydroxyl groups excluding tert-OH is 1. The predicted octanol–water partition coefficient (Wildman–Crippen LogP) is 0.161. The summed E-state index contributed by atoms with van der Waals surface area (Å²) in [4.78, 5) is 4.96. The molecule has 0 aliphatic heterocycles. The average molecular weight is 183 g/mol. The smallest absolute Gasteiger partial charge is 0.0727 e. The van der Waals surface area contributed by atoms with Crippen molar-refractivity contribution < 1.29 is 5.11 Å². The number of nitrogens with zero attached hydrogens (tertiary/aromatic N) is 1. The van der Waals surface area contributed by atoms with Crippen molar-refractivity contribution in [3.63, 3.8) is 0 Å². The summed E-state index contributed by atoms with van der Waals surface area (Å²) in [6, 6.07) is 1.97. The number of rotatable bonds is 5. The Labute approximate surface area is 78.4 Å². The molecule has 0 aromatic carbocycles. The number of aromatic amines is 1. The number of hydrogen-bond donors (Lipinski definition) is 3. The van der Waals surface area contributed by atoms with Crippen LogP contribution in [0.4, 0.5) is 5.69 Å². The van der Waals surface area contributed by atoms with Crippen molar-refractivity contribution in [2.75, 3.05) is 25.0 Å². The summed E-state index contributed by atoms with van der Waals surface area (Å²) < 4.78 is 0. The summed E-state index contributed by atoms with van der Waals surface area (Å²) in [6.07, 6.45) is 4.07. The second-order valence-electron chi connectivity index (χ2n) is 3.18. The van der Waals surface area contributed by atoms with Crippen LogP contribution >= 0.6 is 0 Å². The van der Waals surface area contributed by atoms with Crippen molar-refractivity contribution in [2.45, 2.75) is 12.5 Å². The van der Waals surface area contributed by atoms with Crippen LogP contribution in [-0.4, -0.2) is 36.3 Å². The summed E-state index contributed by atoms with van der Waals surface area (Å²) >= 11 is 0. The SMILES string of the molecule is CN(CC(O)CCN)c1cc[nH]c1. The van der Waals surface area contributed by atoms with Crippen molar-refractivity contribution in [3.8, 4) is 0 Å². The van der Waals surface area contributed by atoms with Crippen molar-refractivity contribution in [1.82, 2.24) is 4.98 Å². The third-order valence-electron chi connectivity index (χ3n) is 2.01. The van der Waals surface area contributed by atoms with Crippen molar-refractivity contribution in [1.29, 1.82) is 0 Å². The molecule has 0 radical (unpaired) electrons. The van der Waals surface area contributed by atoms with Gasteiger partial charge in [0.2, 0.25) is 0 Å². The molecule has 0 amide bonds. The summed E-state index contributed by atoms with van der Waals surface area (Å²) in [5.41, 5.74) is 6.42. The van der Waals surface area contributed by atoms with Gasteiger partial charge in [0.25, 0.3) is 0 Å². The van der Waals surface area contributed by atoms with E-state index in [1.165, 1.54) is 0 Å². The highest BCUT2D eigenvalue weighted by Crippen LogP contribution is 2.10. The van der Waals surface area contributed by atoms with Crippen LogP contribution in [0.2, 0.25) is 0 Å². The van der Waals surface area contributed by atoms with E-state index < -0.39 is 0 Å². The number of anilines is 1. The molecule has 1 aromatic heterocycles. The molecule has 74 valence electrons. The third-order valence-corrected chi connectivity index (χ3v) is 2.01. The highest BCUT2D eigenvalue weighted by Gasteiger charge is 2.07. The maximum Gasteiger partial charge on any atom is 0.0727 e. The molecular formula is C9H17N3O. The van der Waals surface area contributed by atoms with E-state index in [0.717, 1.165) is 5.69 Å². The monoisotopic (exact) mass is 183 g/mol. The minimum atomic E-state index is -0.343. The van der Waals surface area contributed by atoms with Gasteiger partial charge in [-0.3, -0.25) is 0 Å². The number of aromatic nitrogens is 1. The molecule has 0 aliphatic carbocycles. The van der Waals surface area contributed by atoms with E-state index >= 15 is 0 Å². The van der Waals surface area contributed by atoms with Crippen LogP contribution in [0.15, 0.2) is 18.5 Å². The number of nitrogens with two attached hydrogens (primary N) is 1. The first kappa shape index (κ1) is 10.1. The molecular weight excluding hydrogens is 166 g/mol. The fraction of sp³-hybridized carbons (Fsp3) is 0.556. The first-order chi connectivity index (χ1) is 6.24. The van der Waals surface area contributed by atoms with E-state index in [4.69, 9.17) is 5.73 Å². The second-order valence-corrected chi connectivity index (χ2v) is 3.18. The van der Waals surface area contributed by atoms with Crippen molar-refractivity contribution in [2.24, 2.45) is 5.73 Å². The standard InChI is InChI=1S/C9H17N3O/c1-12(7-9(13)2-4-10)8-3-5-11-6-8/h3,5-6,9,11,13H,2,4,7,10H2,1H3. The maximum absolute atomic E-state index is 9.49. The Morgan fingerprint density at radius 2 is 2.46 bits per heavy atom. The average Bonchev–Trinajstić information content (AvgIpc) is 2.55. The Morgan fingerprint density at radius 1 is 1.69 bits per heavy atom. The third kappa shape index (κ3) is 3.08. The van der Waals surface area contributed by atoms with Crippen LogP contribution in [0.3, 0.4) is 0 Å². The van der Waals surface area contributed by atoms with Gasteiger partial charge < -0.3 is 20.7 Å². The number of hydrogen-bond acceptors (Lipinski definition) is 3. The summed E-state index contributed by atoms with van der Waals surface area (Å²) in [5.74, 6) is 0. The van der Waals surface area contributed by atoms with Gasteiger partial charge in [0.1, 0.15) is 0 Å². The Bertz CT molecular complexity index is 223. The first-order valence-corrected chi connectivity index (χ1v) is 4.46. The predicted molar refractivity (Wildman–Crippen MR) is 53.7 cm³/mol. The zero-order valence-corrected chi connectivity index (χ0v) is 7.90. The molecule has 0 saturated heterocycles. The normalized spacial score (nSPS) is 12.8. The minimum absolute atomic E-state index is 0.343. The van der Waals surface area contributed by atoms with E-state index in [2.05, 4.69) is 4.98 Å². The number of nitrogens with one attached hydrogen (secondary N) is 1. The maximum atomic E-state index is 9.49. The largest absolute Gasteiger partial charge is 0.391 e. The molecule has 1 rings (SSSR count). The highest BCUT2D eigenvalue weighted by atomic mass is 16.3. The van der Waals surface area contributed by atoms with Crippen LogP contribution in [0.25, 0.3) is 0 Å².